The van der Waals surface area contributed by atoms with Crippen LogP contribution >= 0.6 is 11.7 Å². The van der Waals surface area contributed by atoms with E-state index in [0.29, 0.717) is 6.54 Å². The van der Waals surface area contributed by atoms with Gasteiger partial charge in [-0.1, -0.05) is 18.2 Å². The van der Waals surface area contributed by atoms with Crippen molar-refractivity contribution in [1.29, 1.82) is 0 Å². The molecule has 1 heterocycles. The van der Waals surface area contributed by atoms with Gasteiger partial charge in [0, 0.05) is 12.8 Å². The van der Waals surface area contributed by atoms with Crippen molar-refractivity contribution in [2.75, 3.05) is 6.26 Å². The van der Waals surface area contributed by atoms with Crippen LogP contribution in [0.4, 0.5) is 0 Å². The fourth-order valence-corrected chi connectivity index (χ4v) is 3.39. The molecule has 0 aliphatic heterocycles. The molecular formula is C16H15N3O3S2. The van der Waals surface area contributed by atoms with Gasteiger partial charge in [0.25, 0.3) is 0 Å². The van der Waals surface area contributed by atoms with Crippen LogP contribution in [0.15, 0.2) is 47.4 Å². The van der Waals surface area contributed by atoms with Crippen LogP contribution in [0.3, 0.4) is 0 Å². The predicted molar refractivity (Wildman–Crippen MR) is 92.5 cm³/mol. The third kappa shape index (κ3) is 3.95. The number of fused-ring (bicyclic) bond motifs is 1. The van der Waals surface area contributed by atoms with Gasteiger partial charge in [-0.3, -0.25) is 4.79 Å². The highest BCUT2D eigenvalue weighted by Gasteiger charge is 2.08. The number of rotatable bonds is 5. The topological polar surface area (TPSA) is 89.0 Å². The van der Waals surface area contributed by atoms with Crippen LogP contribution < -0.4 is 5.32 Å². The molecule has 0 aliphatic carbocycles. The maximum atomic E-state index is 12.0. The average molecular weight is 361 g/mol. The lowest BCUT2D eigenvalue weighted by Crippen LogP contribution is -2.24. The molecule has 3 rings (SSSR count). The summed E-state index contributed by atoms with van der Waals surface area (Å²) in [6.45, 7) is 0.410. The highest BCUT2D eigenvalue weighted by Crippen LogP contribution is 2.14. The molecule has 0 saturated carbocycles. The second-order valence-electron chi connectivity index (χ2n) is 5.46. The molecule has 0 bridgehead atoms. The fourth-order valence-electron chi connectivity index (χ4n) is 2.24. The van der Waals surface area contributed by atoms with E-state index in [2.05, 4.69) is 14.1 Å². The Morgan fingerprint density at radius 3 is 2.42 bits per heavy atom. The summed E-state index contributed by atoms with van der Waals surface area (Å²) in [5.74, 6) is -0.126. The van der Waals surface area contributed by atoms with Gasteiger partial charge in [0.05, 0.1) is 23.0 Å². The fraction of sp³-hybridized carbons (Fsp3) is 0.188. The summed E-state index contributed by atoms with van der Waals surface area (Å²) in [4.78, 5) is 12.3. The van der Waals surface area contributed by atoms with Gasteiger partial charge >= 0.3 is 0 Å². The average Bonchev–Trinajstić information content (AvgIpc) is 3.00. The lowest BCUT2D eigenvalue weighted by atomic mass is 10.1. The first-order valence-corrected chi connectivity index (χ1v) is 9.81. The van der Waals surface area contributed by atoms with Crippen molar-refractivity contribution in [3.8, 4) is 0 Å². The summed E-state index contributed by atoms with van der Waals surface area (Å²) >= 11 is 1.16. The van der Waals surface area contributed by atoms with Crippen LogP contribution in [-0.4, -0.2) is 29.3 Å². The maximum Gasteiger partial charge on any atom is 0.224 e. The first kappa shape index (κ1) is 16.5. The Kier molecular flexibility index (Phi) is 4.59. The summed E-state index contributed by atoms with van der Waals surface area (Å²) in [7, 11) is -3.22. The molecule has 8 heteroatoms. The summed E-state index contributed by atoms with van der Waals surface area (Å²) in [6.07, 6.45) is 1.36. The molecule has 1 aromatic heterocycles. The zero-order valence-corrected chi connectivity index (χ0v) is 14.5. The number of carbonyl (C=O) groups excluding carboxylic acids is 1. The number of benzene rings is 2. The van der Waals surface area contributed by atoms with E-state index in [1.165, 1.54) is 12.1 Å². The molecule has 0 saturated heterocycles. The summed E-state index contributed by atoms with van der Waals surface area (Å²) in [6, 6.07) is 12.0. The molecule has 1 amide bonds. The number of hydrogen-bond donors (Lipinski definition) is 1. The van der Waals surface area contributed by atoms with Crippen molar-refractivity contribution in [3.05, 3.63) is 53.6 Å². The van der Waals surface area contributed by atoms with E-state index in [0.717, 1.165) is 40.1 Å². The van der Waals surface area contributed by atoms with Gasteiger partial charge in [-0.05, 0) is 35.4 Å². The smallest absolute Gasteiger partial charge is 0.224 e. The first-order valence-electron chi connectivity index (χ1n) is 7.19. The molecule has 0 atom stereocenters. The molecule has 0 spiro atoms. The molecule has 0 fully saturated rings. The monoisotopic (exact) mass is 361 g/mol. The largest absolute Gasteiger partial charge is 0.352 e. The summed E-state index contributed by atoms with van der Waals surface area (Å²) < 4.78 is 31.1. The van der Waals surface area contributed by atoms with E-state index >= 15 is 0 Å². The van der Waals surface area contributed by atoms with E-state index in [1.54, 1.807) is 12.1 Å². The second kappa shape index (κ2) is 6.66. The van der Waals surface area contributed by atoms with Crippen LogP contribution in [0, 0.1) is 0 Å². The molecule has 0 unspecified atom stereocenters. The number of aromatic nitrogens is 2. The molecule has 3 aromatic rings. The van der Waals surface area contributed by atoms with Crippen LogP contribution in [0.2, 0.25) is 0 Å². The third-order valence-electron chi connectivity index (χ3n) is 3.52. The Bertz CT molecular complexity index is 979. The van der Waals surface area contributed by atoms with Gasteiger partial charge in [0.2, 0.25) is 5.91 Å². The van der Waals surface area contributed by atoms with Crippen LogP contribution in [0.1, 0.15) is 11.1 Å². The van der Waals surface area contributed by atoms with Crippen LogP contribution in [0.5, 0.6) is 0 Å². The van der Waals surface area contributed by atoms with Gasteiger partial charge in [-0.2, -0.15) is 8.75 Å². The minimum Gasteiger partial charge on any atom is -0.352 e. The minimum atomic E-state index is -3.22. The van der Waals surface area contributed by atoms with E-state index in [1.807, 2.05) is 18.2 Å². The van der Waals surface area contributed by atoms with E-state index in [-0.39, 0.29) is 17.2 Å². The molecule has 2 aromatic carbocycles. The van der Waals surface area contributed by atoms with Gasteiger partial charge in [0.15, 0.2) is 9.84 Å². The molecule has 6 nitrogen and oxygen atoms in total. The third-order valence-corrected chi connectivity index (χ3v) is 5.21. The van der Waals surface area contributed by atoms with Crippen LogP contribution in [0.25, 0.3) is 11.0 Å². The molecule has 0 aliphatic rings. The number of carbonyl (C=O) groups is 1. The minimum absolute atomic E-state index is 0.126. The van der Waals surface area contributed by atoms with Crippen molar-refractivity contribution < 1.29 is 13.2 Å². The van der Waals surface area contributed by atoms with E-state index in [4.69, 9.17) is 0 Å². The number of sulfone groups is 1. The van der Waals surface area contributed by atoms with Gasteiger partial charge in [-0.25, -0.2) is 8.42 Å². The SMILES string of the molecule is CS(=O)(=O)c1ccc(CC(=O)NCc2ccc3nsnc3c2)cc1. The highest BCUT2D eigenvalue weighted by molar-refractivity contribution is 7.90. The Balaban J connectivity index is 1.59. The zero-order valence-electron chi connectivity index (χ0n) is 12.9. The number of hydrogen-bond acceptors (Lipinski definition) is 6. The lowest BCUT2D eigenvalue weighted by Gasteiger charge is -2.06. The molecular weight excluding hydrogens is 346 g/mol. The van der Waals surface area contributed by atoms with Crippen molar-refractivity contribution in [1.82, 2.24) is 14.1 Å². The van der Waals surface area contributed by atoms with E-state index in [9.17, 15) is 13.2 Å². The predicted octanol–water partition coefficient (Wildman–Crippen LogP) is 1.95. The number of nitrogens with one attached hydrogen (secondary N) is 1. The maximum absolute atomic E-state index is 12.0. The van der Waals surface area contributed by atoms with E-state index < -0.39 is 9.84 Å². The molecule has 0 radical (unpaired) electrons. The summed E-state index contributed by atoms with van der Waals surface area (Å²) in [5, 5.41) is 2.85. The summed E-state index contributed by atoms with van der Waals surface area (Å²) in [5.41, 5.74) is 3.39. The van der Waals surface area contributed by atoms with Gasteiger partial charge in [0.1, 0.15) is 11.0 Å². The highest BCUT2D eigenvalue weighted by atomic mass is 32.2. The van der Waals surface area contributed by atoms with Gasteiger partial charge in [-0.15, -0.1) is 0 Å². The van der Waals surface area contributed by atoms with Crippen molar-refractivity contribution >= 4 is 38.5 Å². The molecule has 124 valence electrons. The Hall–Kier alpha value is -2.32. The molecule has 1 N–H and O–H groups in total. The van der Waals surface area contributed by atoms with Crippen LogP contribution in [-0.2, 0) is 27.6 Å². The number of nitrogens with zero attached hydrogens (tertiary/aromatic N) is 2. The van der Waals surface area contributed by atoms with Crippen molar-refractivity contribution in [2.45, 2.75) is 17.9 Å². The van der Waals surface area contributed by atoms with Crippen molar-refractivity contribution in [2.24, 2.45) is 0 Å². The Morgan fingerprint density at radius 2 is 1.71 bits per heavy atom. The van der Waals surface area contributed by atoms with Crippen molar-refractivity contribution in [3.63, 3.8) is 0 Å². The lowest BCUT2D eigenvalue weighted by molar-refractivity contribution is -0.120. The second-order valence-corrected chi connectivity index (χ2v) is 8.00. The normalized spacial score (nSPS) is 11.5. The zero-order chi connectivity index (χ0) is 17.2. The Labute approximate surface area is 143 Å². The standard InChI is InChI=1S/C16H15N3O3S2/c1-24(21,22)13-5-2-11(3-6-13)9-16(20)17-10-12-4-7-14-15(8-12)19-23-18-14/h2-8H,9-10H2,1H3,(H,17,20). The quantitative estimate of drug-likeness (QED) is 0.750. The first-order chi connectivity index (χ1) is 11.4. The molecule has 24 heavy (non-hydrogen) atoms. The number of amides is 1. The Morgan fingerprint density at radius 1 is 1.04 bits per heavy atom. The van der Waals surface area contributed by atoms with Gasteiger partial charge < -0.3 is 5.32 Å².